The summed E-state index contributed by atoms with van der Waals surface area (Å²) < 4.78 is 1.82. The Morgan fingerprint density at radius 3 is 2.68 bits per heavy atom. The summed E-state index contributed by atoms with van der Waals surface area (Å²) in [4.78, 5) is 23.6. The monoisotopic (exact) mass is 307 g/mol. The second-order valence-electron chi connectivity index (χ2n) is 5.66. The highest BCUT2D eigenvalue weighted by Gasteiger charge is 2.23. The Hall–Kier alpha value is -2.11. The Morgan fingerprint density at radius 1 is 1.50 bits per heavy atom. The fourth-order valence-electron chi connectivity index (χ4n) is 2.25. The standard InChI is InChI=1S/C16H25N3O3/c1-5-7-8-13(16(21)22)18-15(20)12-9-17-19(10-11(3)4)14(12)6-2/h5,9,11,13H,1,6-8,10H2,2-4H3,(H,18,20)(H,21,22). The molecule has 0 radical (unpaired) electrons. The van der Waals surface area contributed by atoms with Crippen molar-refractivity contribution in [1.82, 2.24) is 15.1 Å². The molecule has 1 rings (SSSR count). The van der Waals surface area contributed by atoms with E-state index in [0.29, 0.717) is 30.7 Å². The molecule has 0 fully saturated rings. The van der Waals surface area contributed by atoms with E-state index in [-0.39, 0.29) is 5.91 Å². The normalized spacial score (nSPS) is 12.2. The van der Waals surface area contributed by atoms with Gasteiger partial charge < -0.3 is 10.4 Å². The molecule has 0 aliphatic carbocycles. The van der Waals surface area contributed by atoms with Gasteiger partial charge in [-0.05, 0) is 25.2 Å². The maximum absolute atomic E-state index is 12.3. The third kappa shape index (κ3) is 4.72. The first kappa shape index (κ1) is 17.9. The smallest absolute Gasteiger partial charge is 0.326 e. The molecular weight excluding hydrogens is 282 g/mol. The zero-order chi connectivity index (χ0) is 16.7. The van der Waals surface area contributed by atoms with Crippen LogP contribution in [0, 0.1) is 5.92 Å². The average molecular weight is 307 g/mol. The molecule has 22 heavy (non-hydrogen) atoms. The SMILES string of the molecule is C=CCCC(NC(=O)c1cnn(CC(C)C)c1CC)C(=O)O. The number of carbonyl (C=O) groups excluding carboxylic acids is 1. The number of aliphatic carboxylic acids is 1. The van der Waals surface area contributed by atoms with Crippen LogP contribution in [-0.4, -0.2) is 32.8 Å². The van der Waals surface area contributed by atoms with Crippen molar-refractivity contribution in [3.05, 3.63) is 30.1 Å². The fourth-order valence-corrected chi connectivity index (χ4v) is 2.25. The van der Waals surface area contributed by atoms with Gasteiger partial charge in [-0.1, -0.05) is 26.8 Å². The van der Waals surface area contributed by atoms with E-state index in [2.05, 4.69) is 30.8 Å². The van der Waals surface area contributed by atoms with Gasteiger partial charge in [0.05, 0.1) is 17.5 Å². The lowest BCUT2D eigenvalue weighted by molar-refractivity contribution is -0.139. The Morgan fingerprint density at radius 2 is 2.18 bits per heavy atom. The first-order valence-electron chi connectivity index (χ1n) is 7.59. The zero-order valence-electron chi connectivity index (χ0n) is 13.5. The third-order valence-electron chi connectivity index (χ3n) is 3.33. The van der Waals surface area contributed by atoms with Crippen molar-refractivity contribution in [1.29, 1.82) is 0 Å². The molecule has 0 aliphatic heterocycles. The molecule has 1 aromatic rings. The lowest BCUT2D eigenvalue weighted by Gasteiger charge is -2.14. The molecular formula is C16H25N3O3. The van der Waals surface area contributed by atoms with Crippen LogP contribution in [0.15, 0.2) is 18.9 Å². The maximum atomic E-state index is 12.3. The molecule has 0 saturated heterocycles. The predicted octanol–water partition coefficient (Wildman–Crippen LogP) is 2.25. The number of carboxylic acids is 1. The van der Waals surface area contributed by atoms with Gasteiger partial charge in [-0.2, -0.15) is 5.10 Å². The topological polar surface area (TPSA) is 84.2 Å². The van der Waals surface area contributed by atoms with Crippen LogP contribution in [0.4, 0.5) is 0 Å². The maximum Gasteiger partial charge on any atom is 0.326 e. The quantitative estimate of drug-likeness (QED) is 0.685. The van der Waals surface area contributed by atoms with Crippen LogP contribution >= 0.6 is 0 Å². The van der Waals surface area contributed by atoms with Gasteiger partial charge in [0.25, 0.3) is 5.91 Å². The van der Waals surface area contributed by atoms with Gasteiger partial charge in [0.2, 0.25) is 0 Å². The van der Waals surface area contributed by atoms with Crippen molar-refractivity contribution in [3.8, 4) is 0 Å². The molecule has 1 heterocycles. The number of amides is 1. The Labute approximate surface area is 131 Å². The Bertz CT molecular complexity index is 535. The third-order valence-corrected chi connectivity index (χ3v) is 3.33. The number of carboxylic acid groups (broad SMARTS) is 1. The van der Waals surface area contributed by atoms with Crippen LogP contribution in [0.3, 0.4) is 0 Å². The largest absolute Gasteiger partial charge is 0.480 e. The minimum absolute atomic E-state index is 0.326. The number of aromatic nitrogens is 2. The van der Waals surface area contributed by atoms with E-state index >= 15 is 0 Å². The molecule has 0 aliphatic rings. The van der Waals surface area contributed by atoms with Crippen molar-refractivity contribution in [2.75, 3.05) is 0 Å². The molecule has 6 nitrogen and oxygen atoms in total. The minimum Gasteiger partial charge on any atom is -0.480 e. The van der Waals surface area contributed by atoms with Crippen molar-refractivity contribution >= 4 is 11.9 Å². The van der Waals surface area contributed by atoms with Crippen LogP contribution in [0.25, 0.3) is 0 Å². The van der Waals surface area contributed by atoms with Gasteiger partial charge >= 0.3 is 5.97 Å². The second-order valence-corrected chi connectivity index (χ2v) is 5.66. The summed E-state index contributed by atoms with van der Waals surface area (Å²) in [6.45, 7) is 10.4. The van der Waals surface area contributed by atoms with E-state index in [4.69, 9.17) is 0 Å². The highest BCUT2D eigenvalue weighted by molar-refractivity contribution is 5.97. The number of rotatable bonds is 9. The second kappa shape index (κ2) is 8.36. The molecule has 1 atom stereocenters. The van der Waals surface area contributed by atoms with Crippen LogP contribution in [-0.2, 0) is 17.8 Å². The van der Waals surface area contributed by atoms with E-state index < -0.39 is 12.0 Å². The molecule has 0 spiro atoms. The van der Waals surface area contributed by atoms with Crippen LogP contribution in [0.1, 0.15) is 49.7 Å². The molecule has 0 aromatic carbocycles. The fraction of sp³-hybridized carbons (Fsp3) is 0.562. The number of allylic oxidation sites excluding steroid dienone is 1. The van der Waals surface area contributed by atoms with Gasteiger partial charge in [0, 0.05) is 6.54 Å². The number of nitrogens with zero attached hydrogens (tertiary/aromatic N) is 2. The van der Waals surface area contributed by atoms with E-state index in [1.54, 1.807) is 6.08 Å². The summed E-state index contributed by atoms with van der Waals surface area (Å²) in [5.74, 6) is -1.01. The number of nitrogens with one attached hydrogen (secondary N) is 1. The first-order valence-corrected chi connectivity index (χ1v) is 7.59. The molecule has 1 amide bonds. The van der Waals surface area contributed by atoms with Crippen molar-refractivity contribution < 1.29 is 14.7 Å². The summed E-state index contributed by atoms with van der Waals surface area (Å²) >= 11 is 0. The molecule has 2 N–H and O–H groups in total. The summed E-state index contributed by atoms with van der Waals surface area (Å²) in [7, 11) is 0. The summed E-state index contributed by atoms with van der Waals surface area (Å²) in [5.41, 5.74) is 1.28. The molecule has 0 saturated carbocycles. The number of hydrogen-bond donors (Lipinski definition) is 2. The molecule has 0 bridgehead atoms. The predicted molar refractivity (Wildman–Crippen MR) is 84.8 cm³/mol. The van der Waals surface area contributed by atoms with Gasteiger partial charge in [-0.15, -0.1) is 6.58 Å². The highest BCUT2D eigenvalue weighted by Crippen LogP contribution is 2.12. The molecule has 1 aromatic heterocycles. The highest BCUT2D eigenvalue weighted by atomic mass is 16.4. The molecule has 122 valence electrons. The lowest BCUT2D eigenvalue weighted by Crippen LogP contribution is -2.40. The summed E-state index contributed by atoms with van der Waals surface area (Å²) in [5, 5.41) is 16.0. The van der Waals surface area contributed by atoms with Crippen molar-refractivity contribution in [2.45, 2.75) is 52.6 Å². The van der Waals surface area contributed by atoms with Gasteiger partial charge in [-0.3, -0.25) is 9.48 Å². The van der Waals surface area contributed by atoms with Gasteiger partial charge in [-0.25, -0.2) is 4.79 Å². The summed E-state index contributed by atoms with van der Waals surface area (Å²) in [6, 6.07) is -0.913. The van der Waals surface area contributed by atoms with Gasteiger partial charge in [0.1, 0.15) is 6.04 Å². The van der Waals surface area contributed by atoms with Crippen molar-refractivity contribution in [3.63, 3.8) is 0 Å². The number of hydrogen-bond acceptors (Lipinski definition) is 3. The number of carbonyl (C=O) groups is 2. The van der Waals surface area contributed by atoms with E-state index in [1.165, 1.54) is 6.20 Å². The van der Waals surface area contributed by atoms with Crippen LogP contribution in [0.2, 0.25) is 0 Å². The lowest BCUT2D eigenvalue weighted by atomic mass is 10.1. The average Bonchev–Trinajstić information content (AvgIpc) is 2.84. The van der Waals surface area contributed by atoms with E-state index in [9.17, 15) is 14.7 Å². The van der Waals surface area contributed by atoms with Crippen LogP contribution < -0.4 is 5.32 Å². The Kier molecular flexibility index (Phi) is 6.82. The van der Waals surface area contributed by atoms with Crippen LogP contribution in [0.5, 0.6) is 0 Å². The minimum atomic E-state index is -1.04. The Balaban J connectivity index is 2.90. The summed E-state index contributed by atoms with van der Waals surface area (Å²) in [6.07, 6.45) is 4.68. The van der Waals surface area contributed by atoms with E-state index in [1.807, 2.05) is 11.6 Å². The zero-order valence-corrected chi connectivity index (χ0v) is 13.5. The molecule has 1 unspecified atom stereocenters. The van der Waals surface area contributed by atoms with Gasteiger partial charge in [0.15, 0.2) is 0 Å². The van der Waals surface area contributed by atoms with E-state index in [0.717, 1.165) is 12.2 Å². The first-order chi connectivity index (χ1) is 10.4. The van der Waals surface area contributed by atoms with Crippen molar-refractivity contribution in [2.24, 2.45) is 5.92 Å². The molecule has 6 heteroatoms.